The molecule has 3 N–H and O–H groups in total. The van der Waals surface area contributed by atoms with Gasteiger partial charge in [-0.2, -0.15) is 0 Å². The van der Waals surface area contributed by atoms with Gasteiger partial charge in [0, 0.05) is 13.2 Å². The molecule has 2 rings (SSSR count). The molecule has 7 nitrogen and oxygen atoms in total. The third-order valence-corrected chi connectivity index (χ3v) is 3.42. The number of carbonyl (C=O) groups excluding carboxylic acids is 1. The molecule has 1 aliphatic rings. The Kier molecular flexibility index (Phi) is 3.63. The van der Waals surface area contributed by atoms with Gasteiger partial charge in [0.15, 0.2) is 5.69 Å². The van der Waals surface area contributed by atoms with Crippen LogP contribution >= 0.6 is 0 Å². The molecule has 18 heavy (non-hydrogen) atoms. The molecule has 2 atom stereocenters. The molecule has 1 fully saturated rings. The van der Waals surface area contributed by atoms with Crippen LogP contribution in [0.2, 0.25) is 0 Å². The molecular weight excluding hydrogens is 234 g/mol. The SMILES string of the molecule is CC1OCCC1(C)NC(=O)c1cn(CCN)nn1. The van der Waals surface area contributed by atoms with E-state index in [0.29, 0.717) is 25.4 Å². The topological polar surface area (TPSA) is 95.1 Å². The number of amides is 1. The third kappa shape index (κ3) is 2.51. The lowest BCUT2D eigenvalue weighted by Gasteiger charge is -2.28. The number of hydrogen-bond acceptors (Lipinski definition) is 5. The first-order valence-corrected chi connectivity index (χ1v) is 6.09. The monoisotopic (exact) mass is 253 g/mol. The van der Waals surface area contributed by atoms with E-state index in [1.165, 1.54) is 0 Å². The number of nitrogens with one attached hydrogen (secondary N) is 1. The average Bonchev–Trinajstić information content (AvgIpc) is 2.89. The normalized spacial score (nSPS) is 27.4. The second-order valence-corrected chi connectivity index (χ2v) is 4.79. The molecule has 1 aromatic rings. The van der Waals surface area contributed by atoms with E-state index in [1.54, 1.807) is 10.9 Å². The Bertz CT molecular complexity index is 433. The molecule has 0 bridgehead atoms. The van der Waals surface area contributed by atoms with Gasteiger partial charge in [-0.05, 0) is 20.3 Å². The maximum atomic E-state index is 12.1. The Morgan fingerprint density at radius 2 is 2.56 bits per heavy atom. The van der Waals surface area contributed by atoms with Gasteiger partial charge in [0.2, 0.25) is 0 Å². The number of carbonyl (C=O) groups is 1. The van der Waals surface area contributed by atoms with Crippen LogP contribution in [0, 0.1) is 0 Å². The standard InChI is InChI=1S/C11H19N5O2/c1-8-11(2,3-6-18-8)13-10(17)9-7-16(5-4-12)15-14-9/h7-8H,3-6,12H2,1-2H3,(H,13,17). The van der Waals surface area contributed by atoms with Crippen LogP contribution in [0.4, 0.5) is 0 Å². The highest BCUT2D eigenvalue weighted by molar-refractivity contribution is 5.92. The molecule has 2 heterocycles. The molecule has 0 saturated carbocycles. The Labute approximate surface area is 106 Å². The molecular formula is C11H19N5O2. The zero-order chi connectivity index (χ0) is 13.2. The summed E-state index contributed by atoms with van der Waals surface area (Å²) in [4.78, 5) is 12.1. The van der Waals surface area contributed by atoms with Gasteiger partial charge in [-0.3, -0.25) is 9.48 Å². The number of nitrogens with two attached hydrogens (primary N) is 1. The van der Waals surface area contributed by atoms with E-state index in [9.17, 15) is 4.79 Å². The van der Waals surface area contributed by atoms with E-state index >= 15 is 0 Å². The average molecular weight is 253 g/mol. The summed E-state index contributed by atoms with van der Waals surface area (Å²) in [6, 6.07) is 0. The minimum absolute atomic E-state index is 0.000497. The quantitative estimate of drug-likeness (QED) is 0.756. The highest BCUT2D eigenvalue weighted by Gasteiger charge is 2.38. The summed E-state index contributed by atoms with van der Waals surface area (Å²) >= 11 is 0. The van der Waals surface area contributed by atoms with Gasteiger partial charge >= 0.3 is 0 Å². The van der Waals surface area contributed by atoms with E-state index in [1.807, 2.05) is 13.8 Å². The van der Waals surface area contributed by atoms with Crippen molar-refractivity contribution in [3.05, 3.63) is 11.9 Å². The summed E-state index contributed by atoms with van der Waals surface area (Å²) in [7, 11) is 0. The van der Waals surface area contributed by atoms with Crippen LogP contribution in [0.15, 0.2) is 6.20 Å². The van der Waals surface area contributed by atoms with Crippen molar-refractivity contribution in [2.75, 3.05) is 13.2 Å². The molecule has 7 heteroatoms. The highest BCUT2D eigenvalue weighted by atomic mass is 16.5. The summed E-state index contributed by atoms with van der Waals surface area (Å²) in [5.74, 6) is -0.224. The summed E-state index contributed by atoms with van der Waals surface area (Å²) < 4.78 is 7.04. The predicted octanol–water partition coefficient (Wildman–Crippen LogP) is -0.466. The van der Waals surface area contributed by atoms with E-state index in [-0.39, 0.29) is 17.6 Å². The van der Waals surface area contributed by atoms with E-state index in [2.05, 4.69) is 15.6 Å². The van der Waals surface area contributed by atoms with Crippen molar-refractivity contribution in [3.8, 4) is 0 Å². The van der Waals surface area contributed by atoms with E-state index < -0.39 is 0 Å². The fourth-order valence-electron chi connectivity index (χ4n) is 1.97. The minimum Gasteiger partial charge on any atom is -0.376 e. The molecule has 1 aliphatic heterocycles. The Hall–Kier alpha value is -1.47. The van der Waals surface area contributed by atoms with Gasteiger partial charge < -0.3 is 15.8 Å². The van der Waals surface area contributed by atoms with Gasteiger partial charge in [0.25, 0.3) is 5.91 Å². The van der Waals surface area contributed by atoms with Gasteiger partial charge in [-0.1, -0.05) is 5.21 Å². The summed E-state index contributed by atoms with van der Waals surface area (Å²) in [5.41, 5.74) is 5.38. The third-order valence-electron chi connectivity index (χ3n) is 3.42. The van der Waals surface area contributed by atoms with E-state index in [4.69, 9.17) is 10.5 Å². The van der Waals surface area contributed by atoms with Crippen molar-refractivity contribution >= 4 is 5.91 Å². The zero-order valence-corrected chi connectivity index (χ0v) is 10.7. The van der Waals surface area contributed by atoms with Crippen molar-refractivity contribution in [2.45, 2.75) is 38.5 Å². The molecule has 1 aromatic heterocycles. The Morgan fingerprint density at radius 3 is 3.17 bits per heavy atom. The Morgan fingerprint density at radius 1 is 1.78 bits per heavy atom. The van der Waals surface area contributed by atoms with Crippen LogP contribution < -0.4 is 11.1 Å². The first-order chi connectivity index (χ1) is 8.55. The van der Waals surface area contributed by atoms with Crippen LogP contribution in [-0.4, -0.2) is 45.7 Å². The van der Waals surface area contributed by atoms with Crippen molar-refractivity contribution in [2.24, 2.45) is 5.73 Å². The first-order valence-electron chi connectivity index (χ1n) is 6.09. The molecule has 0 aliphatic carbocycles. The van der Waals surface area contributed by atoms with Crippen molar-refractivity contribution < 1.29 is 9.53 Å². The van der Waals surface area contributed by atoms with Crippen LogP contribution in [0.25, 0.3) is 0 Å². The molecule has 100 valence electrons. The lowest BCUT2D eigenvalue weighted by atomic mass is 9.94. The molecule has 0 aromatic carbocycles. The number of ether oxygens (including phenoxy) is 1. The largest absolute Gasteiger partial charge is 0.376 e. The molecule has 0 spiro atoms. The van der Waals surface area contributed by atoms with Crippen molar-refractivity contribution in [1.29, 1.82) is 0 Å². The lowest BCUT2D eigenvalue weighted by molar-refractivity contribution is 0.0724. The first kappa shape index (κ1) is 13.0. The Balaban J connectivity index is 2.02. The number of nitrogens with zero attached hydrogens (tertiary/aromatic N) is 3. The second-order valence-electron chi connectivity index (χ2n) is 4.79. The maximum Gasteiger partial charge on any atom is 0.273 e. The smallest absolute Gasteiger partial charge is 0.273 e. The van der Waals surface area contributed by atoms with Gasteiger partial charge in [-0.15, -0.1) is 5.10 Å². The molecule has 1 saturated heterocycles. The van der Waals surface area contributed by atoms with Crippen LogP contribution in [0.3, 0.4) is 0 Å². The molecule has 1 amide bonds. The van der Waals surface area contributed by atoms with Crippen molar-refractivity contribution in [3.63, 3.8) is 0 Å². The summed E-state index contributed by atoms with van der Waals surface area (Å²) in [5, 5.41) is 10.6. The fourth-order valence-corrected chi connectivity index (χ4v) is 1.97. The number of aromatic nitrogens is 3. The van der Waals surface area contributed by atoms with E-state index in [0.717, 1.165) is 6.42 Å². The van der Waals surface area contributed by atoms with Crippen molar-refractivity contribution in [1.82, 2.24) is 20.3 Å². The lowest BCUT2D eigenvalue weighted by Crippen LogP contribution is -2.50. The molecule has 0 radical (unpaired) electrons. The number of rotatable bonds is 4. The van der Waals surface area contributed by atoms with Crippen LogP contribution in [0.5, 0.6) is 0 Å². The maximum absolute atomic E-state index is 12.1. The van der Waals surface area contributed by atoms with Crippen LogP contribution in [-0.2, 0) is 11.3 Å². The highest BCUT2D eigenvalue weighted by Crippen LogP contribution is 2.25. The van der Waals surface area contributed by atoms with Gasteiger partial charge in [0.1, 0.15) is 0 Å². The minimum atomic E-state index is -0.339. The van der Waals surface area contributed by atoms with Gasteiger partial charge in [0.05, 0.1) is 24.4 Å². The summed E-state index contributed by atoms with van der Waals surface area (Å²) in [6.07, 6.45) is 2.41. The second kappa shape index (κ2) is 5.03. The molecule has 2 unspecified atom stereocenters. The predicted molar refractivity (Wildman–Crippen MR) is 65.0 cm³/mol. The number of hydrogen-bond donors (Lipinski definition) is 2. The fraction of sp³-hybridized carbons (Fsp3) is 0.727. The zero-order valence-electron chi connectivity index (χ0n) is 10.7. The van der Waals surface area contributed by atoms with Crippen LogP contribution in [0.1, 0.15) is 30.8 Å². The summed E-state index contributed by atoms with van der Waals surface area (Å²) in [6.45, 7) is 5.62. The van der Waals surface area contributed by atoms with Gasteiger partial charge in [-0.25, -0.2) is 0 Å².